The van der Waals surface area contributed by atoms with E-state index in [1.807, 2.05) is 13.0 Å². The van der Waals surface area contributed by atoms with E-state index in [1.54, 1.807) is 12.4 Å². The average molecular weight is 253 g/mol. The van der Waals surface area contributed by atoms with Gasteiger partial charge in [-0.3, -0.25) is 10.3 Å². The van der Waals surface area contributed by atoms with Crippen LogP contribution < -0.4 is 5.32 Å². The fourth-order valence-electron chi connectivity index (χ4n) is 1.35. The van der Waals surface area contributed by atoms with E-state index in [0.29, 0.717) is 5.69 Å². The number of nitrogens with one attached hydrogen (secondary N) is 1. The van der Waals surface area contributed by atoms with Gasteiger partial charge >= 0.3 is 6.09 Å². The lowest BCUT2D eigenvalue weighted by atomic mass is 10.3. The van der Waals surface area contributed by atoms with E-state index >= 15 is 0 Å². The third-order valence-corrected chi connectivity index (χ3v) is 2.32. The molecule has 0 aliphatic rings. The summed E-state index contributed by atoms with van der Waals surface area (Å²) in [6, 6.07) is 1.86. The van der Waals surface area contributed by atoms with E-state index in [2.05, 4.69) is 15.4 Å². The zero-order chi connectivity index (χ0) is 12.4. The summed E-state index contributed by atoms with van der Waals surface area (Å²) in [4.78, 5) is 14.5. The maximum atomic E-state index is 10.5. The van der Waals surface area contributed by atoms with Gasteiger partial charge in [-0.2, -0.15) is 5.10 Å². The van der Waals surface area contributed by atoms with Crippen molar-refractivity contribution in [1.82, 2.24) is 14.8 Å². The minimum atomic E-state index is -1.19. The number of carboxylic acid groups (broad SMARTS) is 1. The third kappa shape index (κ3) is 2.54. The van der Waals surface area contributed by atoms with Crippen molar-refractivity contribution < 1.29 is 9.90 Å². The van der Waals surface area contributed by atoms with Crippen LogP contribution in [0.4, 0.5) is 10.5 Å². The molecule has 0 spiro atoms. The van der Waals surface area contributed by atoms with Crippen LogP contribution in [0.1, 0.15) is 5.56 Å². The summed E-state index contributed by atoms with van der Waals surface area (Å²) >= 11 is 5.80. The Kier molecular flexibility index (Phi) is 2.97. The first-order valence-electron chi connectivity index (χ1n) is 4.73. The van der Waals surface area contributed by atoms with Crippen LogP contribution in [0.25, 0.3) is 5.69 Å². The van der Waals surface area contributed by atoms with Gasteiger partial charge in [-0.1, -0.05) is 11.6 Å². The predicted molar refractivity (Wildman–Crippen MR) is 62.8 cm³/mol. The summed E-state index contributed by atoms with van der Waals surface area (Å²) < 4.78 is 1.47. The number of rotatable bonds is 2. The van der Waals surface area contributed by atoms with E-state index < -0.39 is 6.09 Å². The highest BCUT2D eigenvalue weighted by Crippen LogP contribution is 2.21. The highest BCUT2D eigenvalue weighted by Gasteiger charge is 2.10. The van der Waals surface area contributed by atoms with Gasteiger partial charge in [0.05, 0.1) is 18.1 Å². The molecule has 2 aromatic rings. The maximum absolute atomic E-state index is 10.5. The molecule has 0 aliphatic carbocycles. The van der Waals surface area contributed by atoms with Crippen molar-refractivity contribution in [3.05, 3.63) is 35.4 Å². The van der Waals surface area contributed by atoms with Gasteiger partial charge in [-0.05, 0) is 18.6 Å². The molecule has 7 heteroatoms. The number of aryl methyl sites for hydroxylation is 1. The van der Waals surface area contributed by atoms with Crippen LogP contribution in [0.2, 0.25) is 5.15 Å². The van der Waals surface area contributed by atoms with Crippen LogP contribution in [-0.4, -0.2) is 26.0 Å². The monoisotopic (exact) mass is 252 g/mol. The van der Waals surface area contributed by atoms with Crippen LogP contribution in [-0.2, 0) is 0 Å². The minimum absolute atomic E-state index is 0.0916. The molecule has 2 N–H and O–H groups in total. The topological polar surface area (TPSA) is 80.0 Å². The van der Waals surface area contributed by atoms with Gasteiger partial charge in [0.2, 0.25) is 0 Å². The fraction of sp³-hybridized carbons (Fsp3) is 0.100. The number of anilines is 1. The highest BCUT2D eigenvalue weighted by molar-refractivity contribution is 6.32. The molecule has 0 saturated carbocycles. The van der Waals surface area contributed by atoms with Gasteiger partial charge in [0.1, 0.15) is 5.69 Å². The second-order valence-electron chi connectivity index (χ2n) is 3.43. The minimum Gasteiger partial charge on any atom is -0.465 e. The van der Waals surface area contributed by atoms with Gasteiger partial charge in [-0.15, -0.1) is 0 Å². The summed E-state index contributed by atoms with van der Waals surface area (Å²) in [5.74, 6) is 0. The standard InChI is InChI=1S/C10H9ClN4O2/c1-6-2-7(4-12-3-6)15-5-8(9(11)14-15)13-10(16)17/h2-5,13H,1H3,(H,16,17). The largest absolute Gasteiger partial charge is 0.465 e. The second kappa shape index (κ2) is 4.42. The molecule has 0 fully saturated rings. The zero-order valence-electron chi connectivity index (χ0n) is 8.88. The van der Waals surface area contributed by atoms with E-state index in [0.717, 1.165) is 5.56 Å². The second-order valence-corrected chi connectivity index (χ2v) is 3.79. The molecular formula is C10H9ClN4O2. The molecule has 1 amide bonds. The number of pyridine rings is 1. The van der Waals surface area contributed by atoms with Crippen molar-refractivity contribution in [3.63, 3.8) is 0 Å². The number of hydrogen-bond acceptors (Lipinski definition) is 3. The molecular weight excluding hydrogens is 244 g/mol. The van der Waals surface area contributed by atoms with E-state index in [9.17, 15) is 4.79 Å². The van der Waals surface area contributed by atoms with Crippen LogP contribution >= 0.6 is 11.6 Å². The summed E-state index contributed by atoms with van der Waals surface area (Å²) in [5, 5.41) is 14.8. The molecule has 2 rings (SSSR count). The van der Waals surface area contributed by atoms with Crippen LogP contribution in [0, 0.1) is 6.92 Å². The van der Waals surface area contributed by atoms with Crippen LogP contribution in [0.5, 0.6) is 0 Å². The number of hydrogen-bond donors (Lipinski definition) is 2. The summed E-state index contributed by atoms with van der Waals surface area (Å²) in [6.07, 6.45) is 3.63. The lowest BCUT2D eigenvalue weighted by molar-refractivity contribution is 0.210. The first kappa shape index (κ1) is 11.4. The molecule has 0 aliphatic heterocycles. The molecule has 0 aromatic carbocycles. The van der Waals surface area contributed by atoms with Crippen LogP contribution in [0.15, 0.2) is 24.7 Å². The first-order chi connectivity index (χ1) is 8.06. The van der Waals surface area contributed by atoms with Crippen molar-refractivity contribution in [3.8, 4) is 5.69 Å². The Hall–Kier alpha value is -2.08. The van der Waals surface area contributed by atoms with Gasteiger partial charge in [0, 0.05) is 6.20 Å². The first-order valence-corrected chi connectivity index (χ1v) is 5.11. The van der Waals surface area contributed by atoms with Crippen molar-refractivity contribution in [2.45, 2.75) is 6.92 Å². The fourth-order valence-corrected chi connectivity index (χ4v) is 1.53. The SMILES string of the molecule is Cc1cncc(-n2cc(NC(=O)O)c(Cl)n2)c1. The normalized spacial score (nSPS) is 10.2. The molecule has 0 saturated heterocycles. The molecule has 0 atom stereocenters. The molecule has 6 nitrogen and oxygen atoms in total. The van der Waals surface area contributed by atoms with Gasteiger partial charge in [-0.25, -0.2) is 9.48 Å². The van der Waals surface area contributed by atoms with Crippen molar-refractivity contribution in [1.29, 1.82) is 0 Å². The number of halogens is 1. The summed E-state index contributed by atoms with van der Waals surface area (Å²) in [6.45, 7) is 1.90. The number of nitrogens with zero attached hydrogens (tertiary/aromatic N) is 3. The summed E-state index contributed by atoms with van der Waals surface area (Å²) in [5.41, 5.74) is 1.92. The zero-order valence-corrected chi connectivity index (χ0v) is 9.64. The third-order valence-electron chi connectivity index (χ3n) is 2.04. The maximum Gasteiger partial charge on any atom is 0.409 e. The van der Waals surface area contributed by atoms with Crippen molar-refractivity contribution in [2.75, 3.05) is 5.32 Å². The number of aromatic nitrogens is 3. The van der Waals surface area contributed by atoms with Crippen molar-refractivity contribution >= 4 is 23.4 Å². The lowest BCUT2D eigenvalue weighted by Crippen LogP contribution is -2.06. The number of amides is 1. The molecule has 88 valence electrons. The number of carbonyl (C=O) groups is 1. The Morgan fingerprint density at radius 1 is 1.53 bits per heavy atom. The van der Waals surface area contributed by atoms with E-state index in [1.165, 1.54) is 10.9 Å². The van der Waals surface area contributed by atoms with Gasteiger partial charge in [0.25, 0.3) is 0 Å². The molecule has 17 heavy (non-hydrogen) atoms. The molecule has 2 heterocycles. The smallest absolute Gasteiger partial charge is 0.409 e. The predicted octanol–water partition coefficient (Wildman–Crippen LogP) is 2.32. The van der Waals surface area contributed by atoms with Gasteiger partial charge in [0.15, 0.2) is 5.15 Å². The van der Waals surface area contributed by atoms with Crippen molar-refractivity contribution in [2.24, 2.45) is 0 Å². The Labute approximate surface area is 102 Å². The molecule has 0 unspecified atom stereocenters. The average Bonchev–Trinajstić information content (AvgIpc) is 2.59. The Morgan fingerprint density at radius 3 is 2.94 bits per heavy atom. The van der Waals surface area contributed by atoms with Gasteiger partial charge < -0.3 is 5.11 Å². The Balaban J connectivity index is 2.37. The van der Waals surface area contributed by atoms with E-state index in [4.69, 9.17) is 16.7 Å². The van der Waals surface area contributed by atoms with E-state index in [-0.39, 0.29) is 10.8 Å². The molecule has 2 aromatic heterocycles. The molecule has 0 radical (unpaired) electrons. The Morgan fingerprint density at radius 2 is 2.29 bits per heavy atom. The molecule has 0 bridgehead atoms. The quantitative estimate of drug-likeness (QED) is 0.860. The highest BCUT2D eigenvalue weighted by atomic mass is 35.5. The Bertz CT molecular complexity index is 567. The summed E-state index contributed by atoms with van der Waals surface area (Å²) in [7, 11) is 0. The van der Waals surface area contributed by atoms with Crippen LogP contribution in [0.3, 0.4) is 0 Å². The lowest BCUT2D eigenvalue weighted by Gasteiger charge is -2.00.